The highest BCUT2D eigenvalue weighted by Gasteiger charge is 2.30. The molecule has 0 aromatic heterocycles. The van der Waals surface area contributed by atoms with Crippen LogP contribution in [0.5, 0.6) is 5.75 Å². The molecular formula is C14H8BrF4NO2. The number of alkyl halides is 3. The Hall–Kier alpha value is -2.09. The smallest absolute Gasteiger partial charge is 0.416 e. The van der Waals surface area contributed by atoms with Gasteiger partial charge < -0.3 is 10.4 Å². The standard InChI is InChI=1S/C14H8BrF4NO2/c15-10-5-9(12(21)6-11(10)16)13(22)20-8-3-1-7(2-4-8)14(17,18)19/h1-6,21H,(H,20,22). The number of anilines is 1. The van der Waals surface area contributed by atoms with Crippen molar-refractivity contribution in [1.29, 1.82) is 0 Å². The van der Waals surface area contributed by atoms with Crippen LogP contribution >= 0.6 is 15.9 Å². The summed E-state index contributed by atoms with van der Waals surface area (Å²) in [6, 6.07) is 5.62. The number of hydrogen-bond acceptors (Lipinski definition) is 2. The minimum Gasteiger partial charge on any atom is -0.507 e. The largest absolute Gasteiger partial charge is 0.507 e. The number of benzene rings is 2. The fourth-order valence-corrected chi connectivity index (χ4v) is 2.00. The summed E-state index contributed by atoms with van der Waals surface area (Å²) in [4.78, 5) is 11.9. The topological polar surface area (TPSA) is 49.3 Å². The van der Waals surface area contributed by atoms with Crippen molar-refractivity contribution in [3.8, 4) is 5.75 Å². The van der Waals surface area contributed by atoms with Gasteiger partial charge in [0.15, 0.2) is 0 Å². The molecule has 0 radical (unpaired) electrons. The van der Waals surface area contributed by atoms with Crippen LogP contribution < -0.4 is 5.32 Å². The molecule has 0 bridgehead atoms. The van der Waals surface area contributed by atoms with E-state index in [-0.39, 0.29) is 15.7 Å². The van der Waals surface area contributed by atoms with Crippen molar-refractivity contribution < 1.29 is 27.5 Å². The zero-order valence-electron chi connectivity index (χ0n) is 10.7. The molecule has 116 valence electrons. The summed E-state index contributed by atoms with van der Waals surface area (Å²) in [6.07, 6.45) is -4.47. The van der Waals surface area contributed by atoms with E-state index in [1.807, 2.05) is 0 Å². The monoisotopic (exact) mass is 377 g/mol. The zero-order chi connectivity index (χ0) is 16.5. The molecule has 0 fully saturated rings. The van der Waals surface area contributed by atoms with Gasteiger partial charge in [-0.2, -0.15) is 13.2 Å². The van der Waals surface area contributed by atoms with Crippen molar-refractivity contribution in [2.24, 2.45) is 0 Å². The van der Waals surface area contributed by atoms with Gasteiger partial charge in [-0.1, -0.05) is 0 Å². The Balaban J connectivity index is 2.21. The van der Waals surface area contributed by atoms with E-state index in [1.165, 1.54) is 0 Å². The predicted molar refractivity (Wildman–Crippen MR) is 75.2 cm³/mol. The lowest BCUT2D eigenvalue weighted by molar-refractivity contribution is -0.137. The van der Waals surface area contributed by atoms with Gasteiger partial charge in [-0.3, -0.25) is 4.79 Å². The average molecular weight is 378 g/mol. The van der Waals surface area contributed by atoms with Crippen LogP contribution in [0.3, 0.4) is 0 Å². The maximum absolute atomic E-state index is 13.2. The molecule has 2 aromatic carbocycles. The molecule has 0 saturated carbocycles. The van der Waals surface area contributed by atoms with Crippen LogP contribution in [-0.4, -0.2) is 11.0 Å². The normalized spacial score (nSPS) is 11.3. The minimum absolute atomic E-state index is 0.0251. The third-order valence-electron chi connectivity index (χ3n) is 2.75. The van der Waals surface area contributed by atoms with E-state index in [4.69, 9.17) is 0 Å². The number of carbonyl (C=O) groups excluding carboxylic acids is 1. The van der Waals surface area contributed by atoms with Gasteiger partial charge in [-0.25, -0.2) is 4.39 Å². The lowest BCUT2D eigenvalue weighted by Gasteiger charge is -2.10. The maximum atomic E-state index is 13.2. The molecule has 0 atom stereocenters. The van der Waals surface area contributed by atoms with Crippen LogP contribution in [0.1, 0.15) is 15.9 Å². The number of aromatic hydroxyl groups is 1. The first-order chi connectivity index (χ1) is 10.2. The number of amides is 1. The number of hydrogen-bond donors (Lipinski definition) is 2. The fraction of sp³-hybridized carbons (Fsp3) is 0.0714. The van der Waals surface area contributed by atoms with Crippen LogP contribution in [0, 0.1) is 5.82 Å². The second-order valence-electron chi connectivity index (χ2n) is 4.31. The third kappa shape index (κ3) is 3.56. The van der Waals surface area contributed by atoms with Gasteiger partial charge in [0.2, 0.25) is 0 Å². The highest BCUT2D eigenvalue weighted by molar-refractivity contribution is 9.10. The second-order valence-corrected chi connectivity index (χ2v) is 5.17. The van der Waals surface area contributed by atoms with Crippen molar-refractivity contribution in [2.75, 3.05) is 5.32 Å². The van der Waals surface area contributed by atoms with Crippen LogP contribution in [-0.2, 0) is 6.18 Å². The molecular weight excluding hydrogens is 370 g/mol. The highest BCUT2D eigenvalue weighted by Crippen LogP contribution is 2.30. The van der Waals surface area contributed by atoms with E-state index >= 15 is 0 Å². The fourth-order valence-electron chi connectivity index (χ4n) is 1.66. The molecule has 0 aliphatic heterocycles. The van der Waals surface area contributed by atoms with Gasteiger partial charge in [0.25, 0.3) is 5.91 Å². The van der Waals surface area contributed by atoms with Gasteiger partial charge in [-0.05, 0) is 46.3 Å². The van der Waals surface area contributed by atoms with E-state index in [0.717, 1.165) is 36.4 Å². The lowest BCUT2D eigenvalue weighted by atomic mass is 10.1. The average Bonchev–Trinajstić information content (AvgIpc) is 2.42. The molecule has 0 unspecified atom stereocenters. The third-order valence-corrected chi connectivity index (χ3v) is 3.36. The molecule has 2 N–H and O–H groups in total. The number of halogens is 5. The summed E-state index contributed by atoms with van der Waals surface area (Å²) in [6.45, 7) is 0. The predicted octanol–water partition coefficient (Wildman–Crippen LogP) is 4.56. The summed E-state index contributed by atoms with van der Waals surface area (Å²) < 4.78 is 50.4. The molecule has 0 saturated heterocycles. The molecule has 8 heteroatoms. The van der Waals surface area contributed by atoms with Crippen molar-refractivity contribution in [1.82, 2.24) is 0 Å². The van der Waals surface area contributed by atoms with Crippen LogP contribution in [0.15, 0.2) is 40.9 Å². The van der Waals surface area contributed by atoms with E-state index in [0.29, 0.717) is 0 Å². The highest BCUT2D eigenvalue weighted by atomic mass is 79.9. The van der Waals surface area contributed by atoms with Gasteiger partial charge in [0.1, 0.15) is 11.6 Å². The Labute approximate surface area is 130 Å². The number of phenolic OH excluding ortho intramolecular Hbond substituents is 1. The molecule has 1 amide bonds. The second kappa shape index (κ2) is 5.96. The molecule has 22 heavy (non-hydrogen) atoms. The summed E-state index contributed by atoms with van der Waals surface area (Å²) in [5.41, 5.74) is -0.955. The Kier molecular flexibility index (Phi) is 4.41. The summed E-state index contributed by atoms with van der Waals surface area (Å²) >= 11 is 2.87. The van der Waals surface area contributed by atoms with Crippen molar-refractivity contribution in [3.05, 3.63) is 57.8 Å². The van der Waals surface area contributed by atoms with Gasteiger partial charge in [0, 0.05) is 11.8 Å². The van der Waals surface area contributed by atoms with Gasteiger partial charge >= 0.3 is 6.18 Å². The van der Waals surface area contributed by atoms with Crippen molar-refractivity contribution in [3.63, 3.8) is 0 Å². The van der Waals surface area contributed by atoms with E-state index in [2.05, 4.69) is 21.2 Å². The quantitative estimate of drug-likeness (QED) is 0.753. The molecule has 0 aliphatic rings. The number of nitrogens with one attached hydrogen (secondary N) is 1. The summed E-state index contributed by atoms with van der Waals surface area (Å²) in [7, 11) is 0. The summed E-state index contributed by atoms with van der Waals surface area (Å²) in [5, 5.41) is 11.9. The van der Waals surface area contributed by atoms with Crippen LogP contribution in [0.2, 0.25) is 0 Å². The SMILES string of the molecule is O=C(Nc1ccc(C(F)(F)F)cc1)c1cc(Br)c(F)cc1O. The first-order valence-electron chi connectivity index (χ1n) is 5.85. The molecule has 0 aliphatic carbocycles. The van der Waals surface area contributed by atoms with E-state index in [9.17, 15) is 27.5 Å². The number of carbonyl (C=O) groups is 1. The molecule has 0 spiro atoms. The number of phenols is 1. The first-order valence-corrected chi connectivity index (χ1v) is 6.64. The van der Waals surface area contributed by atoms with Gasteiger partial charge in [0.05, 0.1) is 15.6 Å². The summed E-state index contributed by atoms with van der Waals surface area (Å²) in [5.74, 6) is -2.10. The Morgan fingerprint density at radius 2 is 1.73 bits per heavy atom. The Morgan fingerprint density at radius 3 is 2.27 bits per heavy atom. The van der Waals surface area contributed by atoms with Crippen LogP contribution in [0.25, 0.3) is 0 Å². The van der Waals surface area contributed by atoms with Crippen molar-refractivity contribution in [2.45, 2.75) is 6.18 Å². The van der Waals surface area contributed by atoms with E-state index < -0.39 is 29.2 Å². The Morgan fingerprint density at radius 1 is 1.14 bits per heavy atom. The molecule has 3 nitrogen and oxygen atoms in total. The Bertz CT molecular complexity index is 714. The molecule has 2 aromatic rings. The van der Waals surface area contributed by atoms with Gasteiger partial charge in [-0.15, -0.1) is 0 Å². The minimum atomic E-state index is -4.47. The number of rotatable bonds is 2. The zero-order valence-corrected chi connectivity index (χ0v) is 12.3. The van der Waals surface area contributed by atoms with Crippen LogP contribution in [0.4, 0.5) is 23.2 Å². The van der Waals surface area contributed by atoms with E-state index in [1.54, 1.807) is 0 Å². The molecule has 2 rings (SSSR count). The lowest BCUT2D eigenvalue weighted by Crippen LogP contribution is -2.13. The van der Waals surface area contributed by atoms with Crippen molar-refractivity contribution >= 4 is 27.5 Å². The molecule has 0 heterocycles. The maximum Gasteiger partial charge on any atom is 0.416 e. The first kappa shape index (κ1) is 16.3.